The zero-order valence-corrected chi connectivity index (χ0v) is 20.1. The fourth-order valence-electron chi connectivity index (χ4n) is 4.72. The van der Waals surface area contributed by atoms with Gasteiger partial charge >= 0.3 is 0 Å². The molecule has 3 atom stereocenters. The first-order valence-corrected chi connectivity index (χ1v) is 13.6. The summed E-state index contributed by atoms with van der Waals surface area (Å²) in [7, 11) is -3.12. The molecule has 6 nitrogen and oxygen atoms in total. The quantitative estimate of drug-likeness (QED) is 0.444. The molecule has 3 unspecified atom stereocenters. The van der Waals surface area contributed by atoms with Crippen LogP contribution in [0.3, 0.4) is 0 Å². The Morgan fingerprint density at radius 3 is 2.58 bits per heavy atom. The van der Waals surface area contributed by atoms with Crippen LogP contribution >= 0.6 is 0 Å². The van der Waals surface area contributed by atoms with Crippen molar-refractivity contribution in [3.8, 4) is 0 Å². The minimum atomic E-state index is -3.12. The lowest BCUT2D eigenvalue weighted by Crippen LogP contribution is -2.50. The molecule has 1 aliphatic carbocycles. The lowest BCUT2D eigenvalue weighted by molar-refractivity contribution is -0.266. The van der Waals surface area contributed by atoms with E-state index in [0.717, 1.165) is 25.8 Å². The van der Waals surface area contributed by atoms with Gasteiger partial charge in [0.1, 0.15) is 0 Å². The molecule has 0 bridgehead atoms. The molecular formula is C24H39NO5S. The first kappa shape index (κ1) is 24.5. The highest BCUT2D eigenvalue weighted by atomic mass is 32.2. The van der Waals surface area contributed by atoms with Crippen LogP contribution in [0.2, 0.25) is 0 Å². The highest BCUT2D eigenvalue weighted by molar-refractivity contribution is 7.92. The SMILES string of the molecule is CC=CC=CCCS(=O)(=O)C(C)CCCC1C(C)C2(OCCCO2)C(=O)N1CC1CC1. The van der Waals surface area contributed by atoms with E-state index in [2.05, 4.69) is 6.92 Å². The molecule has 0 N–H and O–H groups in total. The zero-order chi connectivity index (χ0) is 22.5. The number of nitrogens with zero attached hydrogens (tertiary/aromatic N) is 1. The number of hydrogen-bond donors (Lipinski definition) is 0. The van der Waals surface area contributed by atoms with Gasteiger partial charge in [-0.1, -0.05) is 37.6 Å². The summed E-state index contributed by atoms with van der Waals surface area (Å²) in [6.45, 7) is 7.68. The highest BCUT2D eigenvalue weighted by Crippen LogP contribution is 2.44. The zero-order valence-electron chi connectivity index (χ0n) is 19.3. The summed E-state index contributed by atoms with van der Waals surface area (Å²) in [5, 5.41) is -0.372. The monoisotopic (exact) mass is 453 g/mol. The molecule has 3 aliphatic rings. The maximum atomic E-state index is 13.3. The molecule has 31 heavy (non-hydrogen) atoms. The summed E-state index contributed by atoms with van der Waals surface area (Å²) < 4.78 is 37.1. The molecule has 0 aromatic carbocycles. The number of carbonyl (C=O) groups excluding carboxylic acids is 1. The van der Waals surface area contributed by atoms with Crippen LogP contribution in [-0.4, -0.2) is 61.8 Å². The standard InChI is InChI=1S/C24H39NO5S/c1-4-5-6-7-8-17-31(27,28)19(2)11-9-12-22-20(3)24(29-15-10-16-30-24)23(26)25(22)18-21-13-14-21/h4-7,19-22H,8-18H2,1-3H3. The van der Waals surface area contributed by atoms with Crippen molar-refractivity contribution < 1.29 is 22.7 Å². The number of amides is 1. The fourth-order valence-corrected chi connectivity index (χ4v) is 6.11. The number of ether oxygens (including phenoxy) is 2. The highest BCUT2D eigenvalue weighted by Gasteiger charge is 2.60. The van der Waals surface area contributed by atoms with Gasteiger partial charge in [-0.05, 0) is 58.3 Å². The fraction of sp³-hybridized carbons (Fsp3) is 0.792. The second kappa shape index (κ2) is 10.6. The first-order valence-electron chi connectivity index (χ1n) is 11.9. The number of likely N-dealkylation sites (tertiary alicyclic amines) is 1. The van der Waals surface area contributed by atoms with Crippen molar-refractivity contribution in [2.24, 2.45) is 11.8 Å². The third-order valence-corrected chi connectivity index (χ3v) is 9.21. The van der Waals surface area contributed by atoms with Gasteiger partial charge in [-0.2, -0.15) is 0 Å². The van der Waals surface area contributed by atoms with Crippen molar-refractivity contribution >= 4 is 15.7 Å². The Kier molecular flexibility index (Phi) is 8.38. The van der Waals surface area contributed by atoms with Gasteiger partial charge in [-0.3, -0.25) is 4.79 Å². The van der Waals surface area contributed by atoms with E-state index in [0.29, 0.717) is 32.0 Å². The molecule has 3 rings (SSSR count). The maximum absolute atomic E-state index is 13.3. The molecule has 1 saturated carbocycles. The van der Waals surface area contributed by atoms with Crippen LogP contribution in [0, 0.1) is 11.8 Å². The number of carbonyl (C=O) groups is 1. The summed E-state index contributed by atoms with van der Waals surface area (Å²) in [4.78, 5) is 15.3. The van der Waals surface area contributed by atoms with Crippen LogP contribution in [0.15, 0.2) is 24.3 Å². The largest absolute Gasteiger partial charge is 0.342 e. The van der Waals surface area contributed by atoms with E-state index in [1.165, 1.54) is 12.8 Å². The second-order valence-electron chi connectivity index (χ2n) is 9.33. The molecule has 1 spiro atoms. The number of sulfone groups is 1. The van der Waals surface area contributed by atoms with E-state index < -0.39 is 15.6 Å². The topological polar surface area (TPSA) is 72.9 Å². The summed E-state index contributed by atoms with van der Waals surface area (Å²) >= 11 is 0. The Balaban J connectivity index is 1.56. The van der Waals surface area contributed by atoms with Crippen molar-refractivity contribution in [2.45, 2.75) is 82.8 Å². The second-order valence-corrected chi connectivity index (χ2v) is 11.9. The van der Waals surface area contributed by atoms with Crippen LogP contribution in [0.5, 0.6) is 0 Å². The lowest BCUT2D eigenvalue weighted by Gasteiger charge is -2.35. The molecule has 1 amide bonds. The van der Waals surface area contributed by atoms with E-state index in [4.69, 9.17) is 9.47 Å². The van der Waals surface area contributed by atoms with Gasteiger partial charge in [0.05, 0.1) is 24.2 Å². The van der Waals surface area contributed by atoms with Gasteiger partial charge in [-0.15, -0.1) is 0 Å². The molecular weight excluding hydrogens is 414 g/mol. The van der Waals surface area contributed by atoms with Crippen LogP contribution in [-0.2, 0) is 24.1 Å². The molecule has 0 aromatic rings. The Hall–Kier alpha value is -1.18. The summed E-state index contributed by atoms with van der Waals surface area (Å²) in [5.41, 5.74) is 0. The van der Waals surface area contributed by atoms with Crippen molar-refractivity contribution in [3.05, 3.63) is 24.3 Å². The van der Waals surface area contributed by atoms with Crippen molar-refractivity contribution in [2.75, 3.05) is 25.5 Å². The average Bonchev–Trinajstić information content (AvgIpc) is 3.56. The van der Waals surface area contributed by atoms with Gasteiger partial charge in [0.15, 0.2) is 9.84 Å². The van der Waals surface area contributed by atoms with Gasteiger partial charge in [-0.25, -0.2) is 8.42 Å². The molecule has 176 valence electrons. The Labute approximate surface area is 188 Å². The normalized spacial score (nSPS) is 27.7. The smallest absolute Gasteiger partial charge is 0.283 e. The van der Waals surface area contributed by atoms with Crippen molar-refractivity contribution in [3.63, 3.8) is 0 Å². The van der Waals surface area contributed by atoms with Crippen LogP contribution in [0.25, 0.3) is 0 Å². The predicted molar refractivity (Wildman–Crippen MR) is 122 cm³/mol. The molecule has 2 saturated heterocycles. The summed E-state index contributed by atoms with van der Waals surface area (Å²) in [6.07, 6.45) is 13.5. The number of hydrogen-bond acceptors (Lipinski definition) is 5. The number of rotatable bonds is 11. The number of allylic oxidation sites excluding steroid dienone is 4. The van der Waals surface area contributed by atoms with Crippen LogP contribution in [0.4, 0.5) is 0 Å². The summed E-state index contributed by atoms with van der Waals surface area (Å²) in [6, 6.07) is 0.0462. The van der Waals surface area contributed by atoms with Gasteiger partial charge in [0, 0.05) is 18.5 Å². The Bertz CT molecular complexity index is 765. The maximum Gasteiger partial charge on any atom is 0.283 e. The van der Waals surface area contributed by atoms with E-state index in [-0.39, 0.29) is 28.9 Å². The van der Waals surface area contributed by atoms with E-state index in [1.807, 2.05) is 43.1 Å². The van der Waals surface area contributed by atoms with Gasteiger partial charge < -0.3 is 14.4 Å². The molecule has 0 aromatic heterocycles. The average molecular weight is 454 g/mol. The Morgan fingerprint density at radius 1 is 1.23 bits per heavy atom. The van der Waals surface area contributed by atoms with Gasteiger partial charge in [0.2, 0.25) is 0 Å². The molecule has 3 fully saturated rings. The molecule has 2 aliphatic heterocycles. The lowest BCUT2D eigenvalue weighted by atomic mass is 9.92. The minimum Gasteiger partial charge on any atom is -0.342 e. The van der Waals surface area contributed by atoms with Crippen molar-refractivity contribution in [1.29, 1.82) is 0 Å². The van der Waals surface area contributed by atoms with Gasteiger partial charge in [0.25, 0.3) is 11.7 Å². The van der Waals surface area contributed by atoms with Crippen LogP contribution < -0.4 is 0 Å². The third kappa shape index (κ3) is 5.79. The molecule has 2 heterocycles. The Morgan fingerprint density at radius 2 is 1.94 bits per heavy atom. The molecule has 7 heteroatoms. The predicted octanol–water partition coefficient (Wildman–Crippen LogP) is 3.87. The minimum absolute atomic E-state index is 0.0230. The third-order valence-electron chi connectivity index (χ3n) is 6.94. The van der Waals surface area contributed by atoms with E-state index in [9.17, 15) is 13.2 Å². The van der Waals surface area contributed by atoms with E-state index >= 15 is 0 Å². The van der Waals surface area contributed by atoms with Crippen molar-refractivity contribution in [1.82, 2.24) is 4.90 Å². The van der Waals surface area contributed by atoms with Crippen LogP contribution in [0.1, 0.15) is 65.7 Å². The van der Waals surface area contributed by atoms with E-state index in [1.54, 1.807) is 0 Å². The molecule has 0 radical (unpaired) electrons. The summed E-state index contributed by atoms with van der Waals surface area (Å²) in [5.74, 6) is -0.436. The first-order chi connectivity index (χ1) is 14.8.